The van der Waals surface area contributed by atoms with Crippen LogP contribution >= 0.6 is 11.3 Å². The largest absolute Gasteiger partial charge is 0.481 e. The summed E-state index contributed by atoms with van der Waals surface area (Å²) in [6, 6.07) is 9.65. The number of nitrogens with zero attached hydrogens (tertiary/aromatic N) is 2. The topological polar surface area (TPSA) is 82.5 Å². The lowest BCUT2D eigenvalue weighted by atomic mass is 9.97. The Morgan fingerprint density at radius 1 is 1.25 bits per heavy atom. The van der Waals surface area contributed by atoms with Gasteiger partial charge in [-0.05, 0) is 19.8 Å². The molecule has 0 aliphatic carbocycles. The molecule has 1 fully saturated rings. The highest BCUT2D eigenvalue weighted by Crippen LogP contribution is 2.32. The Labute approximate surface area is 144 Å². The molecule has 126 valence electrons. The van der Waals surface area contributed by atoms with E-state index in [-0.39, 0.29) is 11.9 Å². The van der Waals surface area contributed by atoms with E-state index in [1.165, 1.54) is 11.3 Å². The predicted molar refractivity (Wildman–Crippen MR) is 93.2 cm³/mol. The molecular formula is C17H19N3O3S. The number of likely N-dealkylation sites (tertiary alicyclic amines) is 1. The van der Waals surface area contributed by atoms with Gasteiger partial charge in [-0.15, -0.1) is 0 Å². The summed E-state index contributed by atoms with van der Waals surface area (Å²) in [4.78, 5) is 29.6. The van der Waals surface area contributed by atoms with Crippen molar-refractivity contribution in [3.05, 3.63) is 36.0 Å². The molecule has 3 rings (SSSR count). The van der Waals surface area contributed by atoms with E-state index in [9.17, 15) is 9.59 Å². The van der Waals surface area contributed by atoms with E-state index in [1.807, 2.05) is 37.3 Å². The lowest BCUT2D eigenvalue weighted by Gasteiger charge is -2.29. The smallest absolute Gasteiger partial charge is 0.322 e. The number of carbonyl (C=O) groups is 2. The molecule has 2 aromatic rings. The van der Waals surface area contributed by atoms with Gasteiger partial charge in [-0.25, -0.2) is 9.78 Å². The van der Waals surface area contributed by atoms with Crippen LogP contribution in [-0.4, -0.2) is 40.1 Å². The fourth-order valence-electron chi connectivity index (χ4n) is 2.72. The van der Waals surface area contributed by atoms with Crippen molar-refractivity contribution in [2.75, 3.05) is 18.4 Å². The molecule has 0 atom stereocenters. The van der Waals surface area contributed by atoms with E-state index in [2.05, 4.69) is 10.3 Å². The van der Waals surface area contributed by atoms with Crippen LogP contribution in [0.2, 0.25) is 0 Å². The van der Waals surface area contributed by atoms with Crippen molar-refractivity contribution in [1.82, 2.24) is 9.88 Å². The maximum Gasteiger partial charge on any atom is 0.322 e. The van der Waals surface area contributed by atoms with E-state index in [0.29, 0.717) is 25.9 Å². The molecule has 2 amide bonds. The minimum Gasteiger partial charge on any atom is -0.481 e. The lowest BCUT2D eigenvalue weighted by molar-refractivity contribution is -0.143. The lowest BCUT2D eigenvalue weighted by Crippen LogP contribution is -2.42. The number of aryl methyl sites for hydroxylation is 1. The molecule has 2 heterocycles. The normalized spacial score (nSPS) is 15.3. The molecule has 1 aromatic carbocycles. The van der Waals surface area contributed by atoms with Gasteiger partial charge in [0.15, 0.2) is 0 Å². The number of nitrogens with one attached hydrogen (secondary N) is 1. The van der Waals surface area contributed by atoms with E-state index >= 15 is 0 Å². The number of carboxylic acids is 1. The first kappa shape index (κ1) is 16.4. The Morgan fingerprint density at radius 3 is 2.54 bits per heavy atom. The molecule has 1 aromatic heterocycles. The highest BCUT2D eigenvalue weighted by Gasteiger charge is 2.27. The van der Waals surface area contributed by atoms with Crippen LogP contribution in [0.15, 0.2) is 30.3 Å². The van der Waals surface area contributed by atoms with Crippen molar-refractivity contribution < 1.29 is 14.7 Å². The summed E-state index contributed by atoms with van der Waals surface area (Å²) < 4.78 is 0. The molecule has 6 nitrogen and oxygen atoms in total. The van der Waals surface area contributed by atoms with Crippen LogP contribution in [0.4, 0.5) is 9.80 Å². The van der Waals surface area contributed by atoms with Gasteiger partial charge in [-0.2, -0.15) is 0 Å². The Bertz CT molecular complexity index is 737. The summed E-state index contributed by atoms with van der Waals surface area (Å²) in [5.74, 6) is -1.12. The fraction of sp³-hybridized carbons (Fsp3) is 0.353. The molecule has 0 radical (unpaired) electrons. The monoisotopic (exact) mass is 345 g/mol. The highest BCUT2D eigenvalue weighted by atomic mass is 32.1. The van der Waals surface area contributed by atoms with E-state index in [0.717, 1.165) is 21.3 Å². The number of anilines is 1. The summed E-state index contributed by atoms with van der Waals surface area (Å²) in [5, 5.41) is 13.5. The summed E-state index contributed by atoms with van der Waals surface area (Å²) in [6.07, 6.45) is 0.999. The minimum absolute atomic E-state index is 0.190. The number of aliphatic carboxylic acids is 1. The third-order valence-electron chi connectivity index (χ3n) is 4.17. The van der Waals surface area contributed by atoms with Crippen LogP contribution in [-0.2, 0) is 4.79 Å². The van der Waals surface area contributed by atoms with E-state index < -0.39 is 5.97 Å². The van der Waals surface area contributed by atoms with Gasteiger partial charge in [0.2, 0.25) is 0 Å². The number of amides is 2. The molecule has 0 spiro atoms. The molecule has 1 aliphatic heterocycles. The molecule has 0 unspecified atom stereocenters. The predicted octanol–water partition coefficient (Wildman–Crippen LogP) is 3.45. The number of benzene rings is 1. The number of aromatic nitrogens is 1. The second-order valence-corrected chi connectivity index (χ2v) is 6.83. The Balaban J connectivity index is 1.65. The Hall–Kier alpha value is -2.41. The molecule has 2 N–H and O–H groups in total. The highest BCUT2D eigenvalue weighted by molar-refractivity contribution is 7.19. The number of urea groups is 1. The van der Waals surface area contributed by atoms with Crippen LogP contribution in [0.5, 0.6) is 0 Å². The van der Waals surface area contributed by atoms with E-state index in [4.69, 9.17) is 5.11 Å². The van der Waals surface area contributed by atoms with Crippen LogP contribution in [0.25, 0.3) is 10.6 Å². The molecule has 1 saturated heterocycles. The maximum absolute atomic E-state index is 12.4. The average molecular weight is 345 g/mol. The van der Waals surface area contributed by atoms with Gasteiger partial charge in [0.1, 0.15) is 10.0 Å². The first-order chi connectivity index (χ1) is 11.5. The zero-order valence-corrected chi connectivity index (χ0v) is 14.2. The molecule has 7 heteroatoms. The molecule has 24 heavy (non-hydrogen) atoms. The summed E-state index contributed by atoms with van der Waals surface area (Å²) >= 11 is 1.45. The van der Waals surface area contributed by atoms with Gasteiger partial charge in [0.25, 0.3) is 0 Å². The van der Waals surface area contributed by atoms with Crippen molar-refractivity contribution in [2.24, 2.45) is 5.92 Å². The number of carboxylic acid groups (broad SMARTS) is 1. The molecule has 0 saturated carbocycles. The quantitative estimate of drug-likeness (QED) is 0.892. The first-order valence-corrected chi connectivity index (χ1v) is 8.68. The van der Waals surface area contributed by atoms with Crippen molar-refractivity contribution in [2.45, 2.75) is 19.8 Å². The first-order valence-electron chi connectivity index (χ1n) is 7.86. The van der Waals surface area contributed by atoms with Crippen molar-refractivity contribution in [3.63, 3.8) is 0 Å². The molecule has 0 bridgehead atoms. The molecular weight excluding hydrogens is 326 g/mol. The molecule has 1 aliphatic rings. The second-order valence-electron chi connectivity index (χ2n) is 5.83. The van der Waals surface area contributed by atoms with Gasteiger partial charge in [-0.3, -0.25) is 10.1 Å². The van der Waals surface area contributed by atoms with Gasteiger partial charge in [0.05, 0.1) is 11.6 Å². The third-order valence-corrected chi connectivity index (χ3v) is 5.29. The summed E-state index contributed by atoms with van der Waals surface area (Å²) in [6.45, 7) is 2.80. The Morgan fingerprint density at radius 2 is 1.92 bits per heavy atom. The van der Waals surface area contributed by atoms with Crippen LogP contribution < -0.4 is 5.32 Å². The minimum atomic E-state index is -0.777. The van der Waals surface area contributed by atoms with E-state index in [1.54, 1.807) is 4.90 Å². The average Bonchev–Trinajstić information content (AvgIpc) is 2.96. The van der Waals surface area contributed by atoms with Gasteiger partial charge in [0, 0.05) is 18.7 Å². The fourth-order valence-corrected chi connectivity index (χ4v) is 3.68. The van der Waals surface area contributed by atoms with Crippen molar-refractivity contribution in [3.8, 4) is 10.6 Å². The SMILES string of the molecule is Cc1nc(-c2ccccc2)sc1NC(=O)N1CCC(C(=O)O)CC1. The number of piperidine rings is 1. The van der Waals surface area contributed by atoms with Crippen LogP contribution in [0.1, 0.15) is 18.5 Å². The third kappa shape index (κ3) is 3.56. The van der Waals surface area contributed by atoms with Crippen LogP contribution in [0.3, 0.4) is 0 Å². The van der Waals surface area contributed by atoms with Crippen LogP contribution in [0, 0.1) is 12.8 Å². The zero-order valence-electron chi connectivity index (χ0n) is 13.4. The number of hydrogen-bond donors (Lipinski definition) is 2. The number of rotatable bonds is 3. The van der Waals surface area contributed by atoms with Gasteiger partial charge in [-0.1, -0.05) is 41.7 Å². The van der Waals surface area contributed by atoms with Crippen molar-refractivity contribution >= 4 is 28.3 Å². The van der Waals surface area contributed by atoms with Gasteiger partial charge < -0.3 is 10.0 Å². The maximum atomic E-state index is 12.4. The zero-order chi connectivity index (χ0) is 17.1. The summed E-state index contributed by atoms with van der Waals surface area (Å²) in [5.41, 5.74) is 1.81. The number of hydrogen-bond acceptors (Lipinski definition) is 4. The van der Waals surface area contributed by atoms with Gasteiger partial charge >= 0.3 is 12.0 Å². The number of carbonyl (C=O) groups excluding carboxylic acids is 1. The Kier molecular flexibility index (Phi) is 4.80. The number of thiazole rings is 1. The standard InChI is InChI=1S/C17H19N3O3S/c1-11-14(24-15(18-11)12-5-3-2-4-6-12)19-17(23)20-9-7-13(8-10-20)16(21)22/h2-6,13H,7-10H2,1H3,(H,19,23)(H,21,22). The summed E-state index contributed by atoms with van der Waals surface area (Å²) in [7, 11) is 0. The second kappa shape index (κ2) is 7.00. The van der Waals surface area contributed by atoms with Crippen molar-refractivity contribution in [1.29, 1.82) is 0 Å².